The zero-order chi connectivity index (χ0) is 12.0. The number of hydrogen-bond acceptors (Lipinski definition) is 3. The van der Waals surface area contributed by atoms with Gasteiger partial charge in [0.05, 0.1) is 14.2 Å². The molecular weight excluding hydrogens is 202 g/mol. The van der Waals surface area contributed by atoms with Gasteiger partial charge in [-0.05, 0) is 30.5 Å². The average Bonchev–Trinajstić information content (AvgIpc) is 2.35. The average molecular weight is 221 g/mol. The van der Waals surface area contributed by atoms with Gasteiger partial charge in [0.1, 0.15) is 11.5 Å². The number of nitrogens with two attached hydrogens (primary N) is 1. The topological polar surface area (TPSA) is 44.5 Å². The molecule has 1 rings (SSSR count). The van der Waals surface area contributed by atoms with Crippen molar-refractivity contribution in [1.29, 1.82) is 0 Å². The Hall–Kier alpha value is -1.48. The van der Waals surface area contributed by atoms with E-state index in [0.29, 0.717) is 0 Å². The Morgan fingerprint density at radius 3 is 2.25 bits per heavy atom. The molecule has 0 fully saturated rings. The zero-order valence-electron chi connectivity index (χ0n) is 9.90. The van der Waals surface area contributed by atoms with Gasteiger partial charge in [0.2, 0.25) is 0 Å². The molecule has 0 spiro atoms. The van der Waals surface area contributed by atoms with E-state index in [1.54, 1.807) is 14.2 Å². The summed E-state index contributed by atoms with van der Waals surface area (Å²) in [6.07, 6.45) is 3.65. The van der Waals surface area contributed by atoms with E-state index in [4.69, 9.17) is 15.2 Å². The molecule has 1 aromatic rings. The summed E-state index contributed by atoms with van der Waals surface area (Å²) >= 11 is 0. The van der Waals surface area contributed by atoms with E-state index in [1.165, 1.54) is 0 Å². The molecular formula is C13H19NO2. The number of benzene rings is 1. The summed E-state index contributed by atoms with van der Waals surface area (Å²) in [6, 6.07) is 5.71. The molecule has 0 amide bonds. The van der Waals surface area contributed by atoms with Gasteiger partial charge in [-0.1, -0.05) is 6.08 Å². The molecule has 0 aliphatic heterocycles. The zero-order valence-corrected chi connectivity index (χ0v) is 9.90. The Morgan fingerprint density at radius 1 is 1.25 bits per heavy atom. The van der Waals surface area contributed by atoms with Gasteiger partial charge < -0.3 is 15.2 Å². The second-order valence-corrected chi connectivity index (χ2v) is 3.62. The third-order valence-electron chi connectivity index (χ3n) is 2.48. The van der Waals surface area contributed by atoms with Gasteiger partial charge in [0, 0.05) is 12.1 Å². The number of hydrogen-bond donors (Lipinski definition) is 1. The van der Waals surface area contributed by atoms with E-state index in [2.05, 4.69) is 6.58 Å². The summed E-state index contributed by atoms with van der Waals surface area (Å²) in [5.41, 5.74) is 7.10. The molecule has 0 saturated carbocycles. The summed E-state index contributed by atoms with van der Waals surface area (Å²) in [5, 5.41) is 0. The second-order valence-electron chi connectivity index (χ2n) is 3.62. The molecule has 0 aromatic heterocycles. The molecule has 0 aliphatic rings. The van der Waals surface area contributed by atoms with Crippen molar-refractivity contribution in [3.05, 3.63) is 36.4 Å². The molecule has 16 heavy (non-hydrogen) atoms. The number of ether oxygens (including phenoxy) is 2. The molecule has 0 saturated heterocycles. The lowest BCUT2D eigenvalue weighted by molar-refractivity contribution is 0.392. The largest absolute Gasteiger partial charge is 0.497 e. The van der Waals surface area contributed by atoms with Gasteiger partial charge in [-0.25, -0.2) is 0 Å². The van der Waals surface area contributed by atoms with Crippen molar-refractivity contribution in [1.82, 2.24) is 0 Å². The molecule has 0 bridgehead atoms. The maximum absolute atomic E-state index is 6.07. The molecule has 1 unspecified atom stereocenters. The van der Waals surface area contributed by atoms with Crippen molar-refractivity contribution in [3.63, 3.8) is 0 Å². The van der Waals surface area contributed by atoms with Crippen molar-refractivity contribution in [2.45, 2.75) is 18.9 Å². The lowest BCUT2D eigenvalue weighted by atomic mass is 10.0. The maximum Gasteiger partial charge on any atom is 0.122 e. The van der Waals surface area contributed by atoms with E-state index in [0.717, 1.165) is 29.9 Å². The summed E-state index contributed by atoms with van der Waals surface area (Å²) in [7, 11) is 3.27. The van der Waals surface area contributed by atoms with Crippen LogP contribution in [0.4, 0.5) is 0 Å². The van der Waals surface area contributed by atoms with E-state index in [1.807, 2.05) is 24.3 Å². The molecule has 0 radical (unpaired) electrons. The highest BCUT2D eigenvalue weighted by atomic mass is 16.5. The molecule has 0 heterocycles. The number of rotatable bonds is 6. The number of allylic oxidation sites excluding steroid dienone is 1. The lowest BCUT2D eigenvalue weighted by Gasteiger charge is -2.13. The molecule has 3 heteroatoms. The Kier molecular flexibility index (Phi) is 4.86. The van der Waals surface area contributed by atoms with Gasteiger partial charge in [-0.15, -0.1) is 6.58 Å². The van der Waals surface area contributed by atoms with Crippen LogP contribution in [0.2, 0.25) is 0 Å². The first-order valence-corrected chi connectivity index (χ1v) is 5.30. The quantitative estimate of drug-likeness (QED) is 0.751. The highest BCUT2D eigenvalue weighted by molar-refractivity contribution is 5.39. The first-order valence-electron chi connectivity index (χ1n) is 5.30. The van der Waals surface area contributed by atoms with Crippen molar-refractivity contribution in [3.8, 4) is 11.5 Å². The fourth-order valence-electron chi connectivity index (χ4n) is 1.51. The molecule has 3 nitrogen and oxygen atoms in total. The normalized spacial score (nSPS) is 11.9. The minimum atomic E-state index is -0.0120. The van der Waals surface area contributed by atoms with Gasteiger partial charge in [0.25, 0.3) is 0 Å². The van der Waals surface area contributed by atoms with Crippen LogP contribution in [0.25, 0.3) is 0 Å². The fourth-order valence-corrected chi connectivity index (χ4v) is 1.51. The predicted molar refractivity (Wildman–Crippen MR) is 65.9 cm³/mol. The SMILES string of the molecule is C=CCCC(N)c1cc(OC)cc(OC)c1. The minimum Gasteiger partial charge on any atom is -0.497 e. The van der Waals surface area contributed by atoms with Crippen molar-refractivity contribution in [2.24, 2.45) is 5.73 Å². The van der Waals surface area contributed by atoms with E-state index in [-0.39, 0.29) is 6.04 Å². The van der Waals surface area contributed by atoms with Crippen molar-refractivity contribution in [2.75, 3.05) is 14.2 Å². The van der Waals surface area contributed by atoms with Crippen LogP contribution in [-0.4, -0.2) is 14.2 Å². The maximum atomic E-state index is 6.07. The Balaban J connectivity index is 2.88. The van der Waals surface area contributed by atoms with E-state index in [9.17, 15) is 0 Å². The van der Waals surface area contributed by atoms with Crippen LogP contribution in [0.5, 0.6) is 11.5 Å². The van der Waals surface area contributed by atoms with Crippen LogP contribution >= 0.6 is 0 Å². The van der Waals surface area contributed by atoms with Crippen molar-refractivity contribution < 1.29 is 9.47 Å². The van der Waals surface area contributed by atoms with Crippen LogP contribution < -0.4 is 15.2 Å². The van der Waals surface area contributed by atoms with E-state index >= 15 is 0 Å². The summed E-state index contributed by atoms with van der Waals surface area (Å²) < 4.78 is 10.4. The molecule has 2 N–H and O–H groups in total. The third-order valence-corrected chi connectivity index (χ3v) is 2.48. The van der Waals surface area contributed by atoms with Gasteiger partial charge in [0.15, 0.2) is 0 Å². The lowest BCUT2D eigenvalue weighted by Crippen LogP contribution is -2.10. The molecule has 1 atom stereocenters. The van der Waals surface area contributed by atoms with Crippen molar-refractivity contribution >= 4 is 0 Å². The standard InChI is InChI=1S/C13H19NO2/c1-4-5-6-13(14)10-7-11(15-2)9-12(8-10)16-3/h4,7-9,13H,1,5-6,14H2,2-3H3. The highest BCUT2D eigenvalue weighted by Gasteiger charge is 2.08. The van der Waals surface area contributed by atoms with Crippen LogP contribution in [0, 0.1) is 0 Å². The van der Waals surface area contributed by atoms with Crippen LogP contribution in [0.15, 0.2) is 30.9 Å². The smallest absolute Gasteiger partial charge is 0.122 e. The first kappa shape index (κ1) is 12.6. The second kappa shape index (κ2) is 6.18. The Morgan fingerprint density at radius 2 is 1.81 bits per heavy atom. The van der Waals surface area contributed by atoms with Crippen LogP contribution in [0.3, 0.4) is 0 Å². The van der Waals surface area contributed by atoms with E-state index < -0.39 is 0 Å². The Bertz CT molecular complexity index is 328. The minimum absolute atomic E-state index is 0.0120. The Labute approximate surface area is 96.9 Å². The molecule has 1 aromatic carbocycles. The highest BCUT2D eigenvalue weighted by Crippen LogP contribution is 2.27. The fraction of sp³-hybridized carbons (Fsp3) is 0.385. The summed E-state index contributed by atoms with van der Waals surface area (Å²) in [5.74, 6) is 1.53. The first-order chi connectivity index (χ1) is 7.71. The summed E-state index contributed by atoms with van der Waals surface area (Å²) in [6.45, 7) is 3.69. The van der Waals surface area contributed by atoms with Gasteiger partial charge in [-0.3, -0.25) is 0 Å². The predicted octanol–water partition coefficient (Wildman–Crippen LogP) is 2.67. The third kappa shape index (κ3) is 3.28. The monoisotopic (exact) mass is 221 g/mol. The van der Waals surface area contributed by atoms with Gasteiger partial charge in [-0.2, -0.15) is 0 Å². The number of methoxy groups -OCH3 is 2. The van der Waals surface area contributed by atoms with Gasteiger partial charge >= 0.3 is 0 Å². The summed E-state index contributed by atoms with van der Waals surface area (Å²) in [4.78, 5) is 0. The van der Waals surface area contributed by atoms with Crippen LogP contribution in [-0.2, 0) is 0 Å². The molecule has 0 aliphatic carbocycles. The van der Waals surface area contributed by atoms with Crippen LogP contribution in [0.1, 0.15) is 24.4 Å². The molecule has 88 valence electrons.